The van der Waals surface area contributed by atoms with Gasteiger partial charge in [0.05, 0.1) is 5.92 Å². The standard InChI is InChI=1S/C19H32N2O2/c1-14(2)15-5-3-10-20(12-9-15)19(23)17-6-4-11-21(13-17)18(22)16-7-8-16/h14-17H,3-13H2,1-2H3/t15-,17-/m1/s1. The maximum absolute atomic E-state index is 12.9. The molecule has 2 saturated heterocycles. The zero-order valence-corrected chi connectivity index (χ0v) is 14.8. The first-order valence-electron chi connectivity index (χ1n) is 9.64. The fraction of sp³-hybridized carbons (Fsp3) is 0.895. The molecule has 0 radical (unpaired) electrons. The van der Waals surface area contributed by atoms with Crippen molar-refractivity contribution in [2.24, 2.45) is 23.7 Å². The highest BCUT2D eigenvalue weighted by molar-refractivity contribution is 5.83. The normalized spacial score (nSPS) is 29.5. The minimum atomic E-state index is 0.0436. The molecule has 0 aromatic rings. The van der Waals surface area contributed by atoms with Crippen LogP contribution in [-0.2, 0) is 9.59 Å². The van der Waals surface area contributed by atoms with Crippen LogP contribution in [0.25, 0.3) is 0 Å². The van der Waals surface area contributed by atoms with Gasteiger partial charge in [0.1, 0.15) is 0 Å². The van der Waals surface area contributed by atoms with Crippen LogP contribution in [0.1, 0.15) is 58.8 Å². The third kappa shape index (κ3) is 4.07. The summed E-state index contributed by atoms with van der Waals surface area (Å²) >= 11 is 0. The fourth-order valence-corrected chi connectivity index (χ4v) is 4.23. The lowest BCUT2D eigenvalue weighted by Crippen LogP contribution is -2.47. The van der Waals surface area contributed by atoms with Crippen LogP contribution in [0.4, 0.5) is 0 Å². The summed E-state index contributed by atoms with van der Waals surface area (Å²) in [6, 6.07) is 0. The minimum absolute atomic E-state index is 0.0436. The van der Waals surface area contributed by atoms with Crippen molar-refractivity contribution in [2.75, 3.05) is 26.2 Å². The molecule has 0 spiro atoms. The number of piperidine rings is 1. The van der Waals surface area contributed by atoms with Crippen molar-refractivity contribution in [2.45, 2.75) is 58.8 Å². The second-order valence-corrected chi connectivity index (χ2v) is 8.16. The molecule has 130 valence electrons. The summed E-state index contributed by atoms with van der Waals surface area (Å²) in [6.07, 6.45) is 7.56. The van der Waals surface area contributed by atoms with Crippen molar-refractivity contribution in [3.8, 4) is 0 Å². The SMILES string of the molecule is CC(C)[C@@H]1CCCN(C(=O)[C@@H]2CCCN(C(=O)C3CC3)C2)CC1. The van der Waals surface area contributed by atoms with Gasteiger partial charge in [0.2, 0.25) is 11.8 Å². The van der Waals surface area contributed by atoms with E-state index in [1.807, 2.05) is 4.90 Å². The Hall–Kier alpha value is -1.06. The minimum Gasteiger partial charge on any atom is -0.342 e. The molecule has 23 heavy (non-hydrogen) atoms. The number of likely N-dealkylation sites (tertiary alicyclic amines) is 2. The first-order chi connectivity index (χ1) is 11.1. The van der Waals surface area contributed by atoms with Crippen molar-refractivity contribution < 1.29 is 9.59 Å². The number of hydrogen-bond donors (Lipinski definition) is 0. The summed E-state index contributed by atoms with van der Waals surface area (Å²) in [5.41, 5.74) is 0. The smallest absolute Gasteiger partial charge is 0.227 e. The zero-order chi connectivity index (χ0) is 16.4. The van der Waals surface area contributed by atoms with Crippen LogP contribution < -0.4 is 0 Å². The van der Waals surface area contributed by atoms with Crippen LogP contribution in [0.5, 0.6) is 0 Å². The van der Waals surface area contributed by atoms with Gasteiger partial charge in [0.15, 0.2) is 0 Å². The largest absolute Gasteiger partial charge is 0.342 e. The molecule has 3 fully saturated rings. The number of carbonyl (C=O) groups excluding carboxylic acids is 2. The molecule has 0 N–H and O–H groups in total. The molecule has 0 unspecified atom stereocenters. The summed E-state index contributed by atoms with van der Waals surface area (Å²) in [7, 11) is 0. The number of rotatable bonds is 3. The maximum Gasteiger partial charge on any atom is 0.227 e. The third-order valence-electron chi connectivity index (χ3n) is 6.04. The lowest BCUT2D eigenvalue weighted by Gasteiger charge is -2.35. The van der Waals surface area contributed by atoms with Crippen LogP contribution in [0.15, 0.2) is 0 Å². The second-order valence-electron chi connectivity index (χ2n) is 8.16. The summed E-state index contributed by atoms with van der Waals surface area (Å²) in [5.74, 6) is 2.40. The first-order valence-corrected chi connectivity index (χ1v) is 9.64. The molecule has 0 bridgehead atoms. The van der Waals surface area contributed by atoms with Gasteiger partial charge in [-0.3, -0.25) is 9.59 Å². The summed E-state index contributed by atoms with van der Waals surface area (Å²) in [6.45, 7) is 7.94. The highest BCUT2D eigenvalue weighted by Crippen LogP contribution is 2.33. The summed E-state index contributed by atoms with van der Waals surface area (Å²) in [4.78, 5) is 29.3. The summed E-state index contributed by atoms with van der Waals surface area (Å²) in [5, 5.41) is 0. The monoisotopic (exact) mass is 320 g/mol. The quantitative estimate of drug-likeness (QED) is 0.802. The average molecular weight is 320 g/mol. The van der Waals surface area contributed by atoms with Gasteiger partial charge in [-0.1, -0.05) is 13.8 Å². The van der Waals surface area contributed by atoms with Gasteiger partial charge in [-0.15, -0.1) is 0 Å². The molecule has 4 nitrogen and oxygen atoms in total. The van der Waals surface area contributed by atoms with E-state index in [1.54, 1.807) is 0 Å². The zero-order valence-electron chi connectivity index (χ0n) is 14.8. The topological polar surface area (TPSA) is 40.6 Å². The van der Waals surface area contributed by atoms with Crippen LogP contribution in [0.2, 0.25) is 0 Å². The van der Waals surface area contributed by atoms with Gasteiger partial charge in [-0.05, 0) is 56.8 Å². The Bertz CT molecular complexity index is 445. The predicted molar refractivity (Wildman–Crippen MR) is 90.8 cm³/mol. The van der Waals surface area contributed by atoms with Gasteiger partial charge in [-0.2, -0.15) is 0 Å². The van der Waals surface area contributed by atoms with Gasteiger partial charge in [0, 0.05) is 32.1 Å². The van der Waals surface area contributed by atoms with Crippen LogP contribution in [0, 0.1) is 23.7 Å². The maximum atomic E-state index is 12.9. The Morgan fingerprint density at radius 3 is 2.13 bits per heavy atom. The molecule has 1 aliphatic carbocycles. The fourth-order valence-electron chi connectivity index (χ4n) is 4.23. The molecule has 1 saturated carbocycles. The number of carbonyl (C=O) groups is 2. The van der Waals surface area contributed by atoms with Crippen molar-refractivity contribution >= 4 is 11.8 Å². The van der Waals surface area contributed by atoms with Gasteiger partial charge in [0.25, 0.3) is 0 Å². The van der Waals surface area contributed by atoms with Gasteiger partial charge < -0.3 is 9.80 Å². The van der Waals surface area contributed by atoms with Crippen molar-refractivity contribution in [1.82, 2.24) is 9.80 Å². The second kappa shape index (κ2) is 7.23. The van der Waals surface area contributed by atoms with E-state index >= 15 is 0 Å². The Labute approximate surface area is 140 Å². The van der Waals surface area contributed by atoms with Crippen LogP contribution in [-0.4, -0.2) is 47.8 Å². The van der Waals surface area contributed by atoms with E-state index in [0.29, 0.717) is 24.3 Å². The molecule has 4 heteroatoms. The van der Waals surface area contributed by atoms with E-state index in [-0.39, 0.29) is 11.8 Å². The van der Waals surface area contributed by atoms with E-state index < -0.39 is 0 Å². The molecular weight excluding hydrogens is 288 g/mol. The molecule has 2 heterocycles. The molecule has 0 aromatic heterocycles. The molecule has 2 atom stereocenters. The Kier molecular flexibility index (Phi) is 5.27. The van der Waals surface area contributed by atoms with E-state index in [4.69, 9.17) is 0 Å². The molecule has 2 amide bonds. The van der Waals surface area contributed by atoms with Gasteiger partial charge >= 0.3 is 0 Å². The Balaban J connectivity index is 1.55. The van der Waals surface area contributed by atoms with E-state index in [1.165, 1.54) is 6.42 Å². The number of hydrogen-bond acceptors (Lipinski definition) is 2. The number of nitrogens with zero attached hydrogens (tertiary/aromatic N) is 2. The predicted octanol–water partition coefficient (Wildman–Crippen LogP) is 2.92. The lowest BCUT2D eigenvalue weighted by atomic mass is 9.89. The Morgan fingerprint density at radius 1 is 0.783 bits per heavy atom. The van der Waals surface area contributed by atoms with E-state index in [0.717, 1.165) is 64.1 Å². The lowest BCUT2D eigenvalue weighted by molar-refractivity contribution is -0.141. The van der Waals surface area contributed by atoms with E-state index in [9.17, 15) is 9.59 Å². The average Bonchev–Trinajstić information content (AvgIpc) is 3.39. The molecule has 2 aliphatic heterocycles. The molecule has 0 aromatic carbocycles. The van der Waals surface area contributed by atoms with Gasteiger partial charge in [-0.25, -0.2) is 0 Å². The molecule has 3 aliphatic rings. The first kappa shape index (κ1) is 16.8. The van der Waals surface area contributed by atoms with Crippen LogP contribution >= 0.6 is 0 Å². The highest BCUT2D eigenvalue weighted by atomic mass is 16.2. The third-order valence-corrected chi connectivity index (χ3v) is 6.04. The molecular formula is C19H32N2O2. The van der Waals surface area contributed by atoms with E-state index in [2.05, 4.69) is 18.7 Å². The Morgan fingerprint density at radius 2 is 1.43 bits per heavy atom. The molecule has 3 rings (SSSR count). The summed E-state index contributed by atoms with van der Waals surface area (Å²) < 4.78 is 0. The van der Waals surface area contributed by atoms with Crippen molar-refractivity contribution in [3.63, 3.8) is 0 Å². The van der Waals surface area contributed by atoms with Crippen LogP contribution in [0.3, 0.4) is 0 Å². The highest BCUT2D eigenvalue weighted by Gasteiger charge is 2.37. The number of amides is 2. The van der Waals surface area contributed by atoms with Crippen molar-refractivity contribution in [1.29, 1.82) is 0 Å². The van der Waals surface area contributed by atoms with Crippen molar-refractivity contribution in [3.05, 3.63) is 0 Å².